The van der Waals surface area contributed by atoms with Gasteiger partial charge in [-0.1, -0.05) is 11.8 Å². The largest absolute Gasteiger partial charge is 0.454 e. The lowest BCUT2D eigenvalue weighted by Crippen LogP contribution is -2.29. The predicted octanol–water partition coefficient (Wildman–Crippen LogP) is 2.75. The Balaban J connectivity index is 1.39. The van der Waals surface area contributed by atoms with Gasteiger partial charge in [-0.15, -0.1) is 0 Å². The predicted molar refractivity (Wildman–Crippen MR) is 112 cm³/mol. The summed E-state index contributed by atoms with van der Waals surface area (Å²) in [6.07, 6.45) is 1.74. The number of carbonyl (C=O) groups is 1. The molecule has 0 radical (unpaired) electrons. The topological polar surface area (TPSA) is 100 Å². The highest BCUT2D eigenvalue weighted by molar-refractivity contribution is 7.99. The third kappa shape index (κ3) is 3.11. The van der Waals surface area contributed by atoms with Crippen LogP contribution in [0.3, 0.4) is 0 Å². The smallest absolute Gasteiger partial charge is 0.265 e. The van der Waals surface area contributed by atoms with Crippen molar-refractivity contribution in [1.29, 1.82) is 0 Å². The summed E-state index contributed by atoms with van der Waals surface area (Å²) in [5.74, 6) is 1.70. The molecule has 2 aliphatic heterocycles. The van der Waals surface area contributed by atoms with Crippen molar-refractivity contribution in [1.82, 2.24) is 19.3 Å². The number of benzene rings is 1. The van der Waals surface area contributed by atoms with Gasteiger partial charge in [-0.05, 0) is 32.9 Å². The van der Waals surface area contributed by atoms with E-state index in [4.69, 9.17) is 9.47 Å². The minimum absolute atomic E-state index is 0.156. The fourth-order valence-corrected chi connectivity index (χ4v) is 4.80. The molecule has 2 aromatic heterocycles. The number of rotatable bonds is 3. The fourth-order valence-electron chi connectivity index (χ4n) is 3.67. The maximum atomic E-state index is 13.1. The normalized spacial score (nSPS) is 17.4. The molecule has 0 saturated carbocycles. The van der Waals surface area contributed by atoms with Gasteiger partial charge in [-0.2, -0.15) is 5.10 Å². The third-order valence-corrected chi connectivity index (χ3v) is 6.18. The monoisotopic (exact) mass is 427 g/mol. The number of ether oxygens (including phenoxy) is 2. The standard InChI is InChI=1S/C20H21N5O4S/c1-20(2,3)25-17-13(8-21-25)18(27)24-12(9-30-19(24)23-17)7-16(26)22-11-4-5-14-15(6-11)29-10-28-14/h4-6,8,12H,7,9-10H2,1-3H3,(H,22,26). The van der Waals surface area contributed by atoms with Crippen molar-refractivity contribution < 1.29 is 14.3 Å². The van der Waals surface area contributed by atoms with E-state index in [1.54, 1.807) is 33.6 Å². The molecule has 0 spiro atoms. The molecule has 3 aromatic rings. The van der Waals surface area contributed by atoms with Gasteiger partial charge in [-0.25, -0.2) is 9.67 Å². The number of nitrogens with one attached hydrogen (secondary N) is 1. The Morgan fingerprint density at radius 1 is 1.30 bits per heavy atom. The molecule has 0 fully saturated rings. The van der Waals surface area contributed by atoms with Crippen molar-refractivity contribution in [3.05, 3.63) is 34.7 Å². The van der Waals surface area contributed by atoms with Crippen LogP contribution >= 0.6 is 11.8 Å². The Kier molecular flexibility index (Phi) is 4.28. The van der Waals surface area contributed by atoms with Gasteiger partial charge in [-0.3, -0.25) is 14.2 Å². The number of nitrogens with zero attached hydrogens (tertiary/aromatic N) is 4. The van der Waals surface area contributed by atoms with Crippen LogP contribution in [0.15, 0.2) is 34.3 Å². The molecule has 9 nitrogen and oxygen atoms in total. The first-order valence-corrected chi connectivity index (χ1v) is 10.6. The summed E-state index contributed by atoms with van der Waals surface area (Å²) in [5.41, 5.74) is 0.767. The van der Waals surface area contributed by atoms with E-state index >= 15 is 0 Å². The van der Waals surface area contributed by atoms with E-state index in [0.29, 0.717) is 39.1 Å². The third-order valence-electron chi connectivity index (χ3n) is 5.08. The minimum atomic E-state index is -0.284. The van der Waals surface area contributed by atoms with E-state index < -0.39 is 0 Å². The number of hydrogen-bond acceptors (Lipinski definition) is 7. The summed E-state index contributed by atoms with van der Waals surface area (Å²) >= 11 is 1.49. The molecule has 1 amide bonds. The molecule has 0 bridgehead atoms. The van der Waals surface area contributed by atoms with Crippen LogP contribution in [0.4, 0.5) is 5.69 Å². The Hall–Kier alpha value is -3.01. The molecule has 1 atom stereocenters. The number of hydrogen-bond donors (Lipinski definition) is 1. The van der Waals surface area contributed by atoms with Crippen molar-refractivity contribution in [2.75, 3.05) is 17.9 Å². The molecular formula is C20H21N5O4S. The Bertz CT molecular complexity index is 1230. The molecule has 10 heteroatoms. The molecule has 4 heterocycles. The van der Waals surface area contributed by atoms with Crippen LogP contribution in [0.25, 0.3) is 11.0 Å². The fraction of sp³-hybridized carbons (Fsp3) is 0.400. The number of carbonyl (C=O) groups excluding carboxylic acids is 1. The van der Waals surface area contributed by atoms with Crippen LogP contribution < -0.4 is 20.3 Å². The van der Waals surface area contributed by atoms with Gasteiger partial charge in [0.15, 0.2) is 22.3 Å². The summed E-state index contributed by atoms with van der Waals surface area (Å²) in [7, 11) is 0. The number of aromatic nitrogens is 4. The van der Waals surface area contributed by atoms with E-state index in [1.807, 2.05) is 20.8 Å². The van der Waals surface area contributed by atoms with Crippen LogP contribution in [0, 0.1) is 0 Å². The van der Waals surface area contributed by atoms with Gasteiger partial charge in [0.25, 0.3) is 5.56 Å². The lowest BCUT2D eigenvalue weighted by atomic mass is 10.1. The molecule has 5 rings (SSSR count). The van der Waals surface area contributed by atoms with Crippen molar-refractivity contribution in [3.63, 3.8) is 0 Å². The van der Waals surface area contributed by atoms with E-state index in [-0.39, 0.29) is 36.3 Å². The summed E-state index contributed by atoms with van der Waals surface area (Å²) in [4.78, 5) is 30.5. The van der Waals surface area contributed by atoms with Gasteiger partial charge in [0.2, 0.25) is 12.7 Å². The van der Waals surface area contributed by atoms with Crippen LogP contribution in [0.2, 0.25) is 0 Å². The Morgan fingerprint density at radius 2 is 2.10 bits per heavy atom. The van der Waals surface area contributed by atoms with E-state index in [9.17, 15) is 9.59 Å². The number of thioether (sulfide) groups is 1. The van der Waals surface area contributed by atoms with Crippen molar-refractivity contribution in [3.8, 4) is 11.5 Å². The quantitative estimate of drug-likeness (QED) is 0.642. The van der Waals surface area contributed by atoms with Crippen LogP contribution in [0.1, 0.15) is 33.2 Å². The minimum Gasteiger partial charge on any atom is -0.454 e. The maximum absolute atomic E-state index is 13.1. The molecule has 1 aromatic carbocycles. The van der Waals surface area contributed by atoms with Gasteiger partial charge in [0, 0.05) is 23.9 Å². The number of fused-ring (bicyclic) bond motifs is 3. The second kappa shape index (κ2) is 6.76. The summed E-state index contributed by atoms with van der Waals surface area (Å²) < 4.78 is 14.0. The van der Waals surface area contributed by atoms with E-state index in [2.05, 4.69) is 15.4 Å². The lowest BCUT2D eigenvalue weighted by molar-refractivity contribution is -0.116. The molecule has 30 heavy (non-hydrogen) atoms. The molecule has 1 N–H and O–H groups in total. The highest BCUT2D eigenvalue weighted by Gasteiger charge is 2.30. The second-order valence-corrected chi connectivity index (χ2v) is 9.31. The Labute approximate surface area is 176 Å². The average molecular weight is 427 g/mol. The van der Waals surface area contributed by atoms with E-state index in [1.165, 1.54) is 11.8 Å². The van der Waals surface area contributed by atoms with Crippen molar-refractivity contribution >= 4 is 34.4 Å². The molecule has 156 valence electrons. The lowest BCUT2D eigenvalue weighted by Gasteiger charge is -2.20. The first-order valence-electron chi connectivity index (χ1n) is 9.64. The zero-order valence-electron chi connectivity index (χ0n) is 16.8. The first-order chi connectivity index (χ1) is 14.3. The highest BCUT2D eigenvalue weighted by Crippen LogP contribution is 2.36. The Morgan fingerprint density at radius 3 is 2.90 bits per heavy atom. The summed E-state index contributed by atoms with van der Waals surface area (Å²) in [6, 6.07) is 4.99. The van der Waals surface area contributed by atoms with Crippen LogP contribution in [-0.4, -0.2) is 37.8 Å². The molecule has 1 unspecified atom stereocenters. The van der Waals surface area contributed by atoms with Crippen molar-refractivity contribution in [2.45, 2.75) is 43.9 Å². The number of anilines is 1. The first kappa shape index (κ1) is 19.0. The van der Waals surface area contributed by atoms with Crippen molar-refractivity contribution in [2.24, 2.45) is 0 Å². The van der Waals surface area contributed by atoms with Crippen LogP contribution in [0.5, 0.6) is 11.5 Å². The van der Waals surface area contributed by atoms with Gasteiger partial charge in [0.1, 0.15) is 5.39 Å². The SMILES string of the molecule is CC(C)(C)n1ncc2c(=O)n3c(nc21)SCC3CC(=O)Nc1ccc2c(c1)OCO2. The van der Waals surface area contributed by atoms with Gasteiger partial charge < -0.3 is 14.8 Å². The van der Waals surface area contributed by atoms with E-state index in [0.717, 1.165) is 0 Å². The second-order valence-electron chi connectivity index (χ2n) is 8.32. The van der Waals surface area contributed by atoms with Gasteiger partial charge in [0.05, 0.1) is 17.8 Å². The molecule has 2 aliphatic rings. The van der Waals surface area contributed by atoms with Crippen LogP contribution in [-0.2, 0) is 10.3 Å². The molecule has 0 saturated heterocycles. The molecular weight excluding hydrogens is 406 g/mol. The molecule has 0 aliphatic carbocycles. The zero-order chi connectivity index (χ0) is 21.0. The summed E-state index contributed by atoms with van der Waals surface area (Å²) in [5, 5.41) is 8.34. The number of amides is 1. The van der Waals surface area contributed by atoms with Gasteiger partial charge >= 0.3 is 0 Å². The highest BCUT2D eigenvalue weighted by atomic mass is 32.2. The summed E-state index contributed by atoms with van der Waals surface area (Å²) in [6.45, 7) is 6.23. The maximum Gasteiger partial charge on any atom is 0.265 e. The zero-order valence-corrected chi connectivity index (χ0v) is 17.7. The average Bonchev–Trinajstić information content (AvgIpc) is 3.39.